The minimum absolute atomic E-state index is 0.235. The summed E-state index contributed by atoms with van der Waals surface area (Å²) in [5, 5.41) is 9.05. The van der Waals surface area contributed by atoms with Crippen LogP contribution in [0.4, 0.5) is 34.8 Å². The Morgan fingerprint density at radius 3 is 2.56 bits per heavy atom. The summed E-state index contributed by atoms with van der Waals surface area (Å²) in [6.45, 7) is 5.75. The highest BCUT2D eigenvalue weighted by Gasteiger charge is 2.33. The molecule has 204 valence electrons. The fraction of sp³-hybridized carbons (Fsp3) is 0.333. The van der Waals surface area contributed by atoms with Gasteiger partial charge >= 0.3 is 0 Å². The summed E-state index contributed by atoms with van der Waals surface area (Å²) >= 11 is 0. The Balaban J connectivity index is 1.37. The van der Waals surface area contributed by atoms with Crippen molar-refractivity contribution in [3.63, 3.8) is 0 Å². The van der Waals surface area contributed by atoms with E-state index in [1.54, 1.807) is 24.3 Å². The molecule has 1 aromatic carbocycles. The molecule has 2 atom stereocenters. The van der Waals surface area contributed by atoms with Crippen molar-refractivity contribution < 1.29 is 13.7 Å². The molecule has 2 bridgehead atoms. The maximum absolute atomic E-state index is 12.8. The molecule has 2 aliphatic heterocycles. The van der Waals surface area contributed by atoms with Crippen LogP contribution < -0.4 is 20.9 Å². The van der Waals surface area contributed by atoms with E-state index in [4.69, 9.17) is 4.74 Å². The first-order valence-electron chi connectivity index (χ1n) is 12.7. The summed E-state index contributed by atoms with van der Waals surface area (Å²) in [7, 11) is -2.39. The van der Waals surface area contributed by atoms with Crippen LogP contribution in [0.5, 0.6) is 0 Å². The van der Waals surface area contributed by atoms with Gasteiger partial charge in [0.05, 0.1) is 12.2 Å². The summed E-state index contributed by atoms with van der Waals surface area (Å²) in [5.41, 5.74) is 2.20. The third-order valence-electron chi connectivity index (χ3n) is 6.27. The number of carbonyl (C=O) groups is 1. The lowest BCUT2D eigenvalue weighted by molar-refractivity contribution is 0.0305. The smallest absolute Gasteiger partial charge is 0.256 e. The highest BCUT2D eigenvalue weighted by Crippen LogP contribution is 2.30. The quantitative estimate of drug-likeness (QED) is 0.339. The summed E-state index contributed by atoms with van der Waals surface area (Å²) in [4.78, 5) is 28.5. The van der Waals surface area contributed by atoms with Gasteiger partial charge < -0.3 is 25.6 Å². The van der Waals surface area contributed by atoms with Crippen molar-refractivity contribution in [3.05, 3.63) is 66.9 Å². The Morgan fingerprint density at radius 2 is 1.87 bits per heavy atom. The van der Waals surface area contributed by atoms with Crippen molar-refractivity contribution in [2.24, 2.45) is 4.36 Å². The number of pyridine rings is 1. The molecule has 39 heavy (non-hydrogen) atoms. The van der Waals surface area contributed by atoms with Crippen LogP contribution in [0.2, 0.25) is 0 Å². The van der Waals surface area contributed by atoms with E-state index >= 15 is 0 Å². The molecular formula is C27H32N8O3S. The molecular weight excluding hydrogens is 516 g/mol. The van der Waals surface area contributed by atoms with Crippen LogP contribution >= 0.6 is 0 Å². The summed E-state index contributed by atoms with van der Waals surface area (Å²) in [6, 6.07) is 13.2. The van der Waals surface area contributed by atoms with Crippen LogP contribution in [-0.4, -0.2) is 69.4 Å². The van der Waals surface area contributed by atoms with Crippen LogP contribution in [0.1, 0.15) is 23.2 Å². The highest BCUT2D eigenvalue weighted by molar-refractivity contribution is 7.92. The Hall–Kier alpha value is -4.03. The van der Waals surface area contributed by atoms with E-state index in [1.807, 2.05) is 12.1 Å². The second kappa shape index (κ2) is 11.4. The second-order valence-electron chi connectivity index (χ2n) is 9.77. The van der Waals surface area contributed by atoms with Crippen molar-refractivity contribution in [1.29, 1.82) is 0 Å². The Labute approximate surface area is 228 Å². The van der Waals surface area contributed by atoms with E-state index in [0.717, 1.165) is 37.3 Å². The zero-order chi connectivity index (χ0) is 27.4. The lowest BCUT2D eigenvalue weighted by Crippen LogP contribution is -2.42. The minimum Gasteiger partial charge on any atom is -0.371 e. The van der Waals surface area contributed by atoms with Gasteiger partial charge in [0.25, 0.3) is 5.91 Å². The van der Waals surface area contributed by atoms with Crippen molar-refractivity contribution in [1.82, 2.24) is 20.3 Å². The number of nitrogens with one attached hydrogen (secondary N) is 3. The van der Waals surface area contributed by atoms with E-state index < -0.39 is 9.73 Å². The molecule has 3 N–H and O–H groups in total. The van der Waals surface area contributed by atoms with Gasteiger partial charge in [-0.1, -0.05) is 12.1 Å². The lowest BCUT2D eigenvalue weighted by atomic mass is 10.2. The molecule has 2 aliphatic rings. The third-order valence-corrected chi connectivity index (χ3v) is 6.89. The monoisotopic (exact) mass is 548 g/mol. The van der Waals surface area contributed by atoms with Gasteiger partial charge in [-0.05, 0) is 49.2 Å². The molecule has 4 heterocycles. The van der Waals surface area contributed by atoms with E-state index in [2.05, 4.69) is 58.9 Å². The van der Waals surface area contributed by atoms with Crippen molar-refractivity contribution >= 4 is 50.4 Å². The van der Waals surface area contributed by atoms with Gasteiger partial charge in [-0.3, -0.25) is 4.79 Å². The third kappa shape index (κ3) is 6.89. The van der Waals surface area contributed by atoms with Crippen molar-refractivity contribution in [3.8, 4) is 0 Å². The number of fused-ring (bicyclic) bond motifs is 2. The van der Waals surface area contributed by atoms with Crippen LogP contribution in [0, 0.1) is 0 Å². The maximum atomic E-state index is 12.8. The standard InChI is InChI=1S/C27H32N8O3S/c1-4-14-28-26(36)22-15-29-27(33-25(22)32-23-6-5-7-24(31-23)34-39(2,3)37)30-18-8-10-19(11-9-18)35-16-20-12-13-21(17-35)38-20/h4-11,15,20-21H,1,12-14,16-17H2,2-3H3,(H,28,36)(H2,29,30,31,32,33). The molecule has 0 radical (unpaired) electrons. The van der Waals surface area contributed by atoms with Gasteiger partial charge in [0, 0.05) is 59.4 Å². The minimum atomic E-state index is -2.39. The largest absolute Gasteiger partial charge is 0.371 e. The summed E-state index contributed by atoms with van der Waals surface area (Å²) in [5.74, 6) is 0.909. The number of anilines is 5. The van der Waals surface area contributed by atoms with Crippen molar-refractivity contribution in [2.75, 3.05) is 47.7 Å². The number of hydrogen-bond acceptors (Lipinski definition) is 10. The molecule has 0 aliphatic carbocycles. The molecule has 2 aromatic heterocycles. The zero-order valence-electron chi connectivity index (χ0n) is 22.0. The van der Waals surface area contributed by atoms with Gasteiger partial charge in [-0.25, -0.2) is 14.2 Å². The first kappa shape index (κ1) is 26.6. The zero-order valence-corrected chi connectivity index (χ0v) is 22.8. The Morgan fingerprint density at radius 1 is 1.13 bits per heavy atom. The van der Waals surface area contributed by atoms with E-state index in [0.29, 0.717) is 36.3 Å². The molecule has 2 fully saturated rings. The lowest BCUT2D eigenvalue weighted by Gasteiger charge is -2.33. The number of morpholine rings is 1. The summed E-state index contributed by atoms with van der Waals surface area (Å²) < 4.78 is 22.2. The van der Waals surface area contributed by atoms with Crippen LogP contribution in [0.15, 0.2) is 65.7 Å². The highest BCUT2D eigenvalue weighted by atomic mass is 32.2. The van der Waals surface area contributed by atoms with Gasteiger partial charge in [0.1, 0.15) is 17.2 Å². The first-order valence-corrected chi connectivity index (χ1v) is 15.0. The normalized spacial score (nSPS) is 18.4. The average molecular weight is 549 g/mol. The average Bonchev–Trinajstić information content (AvgIpc) is 3.24. The van der Waals surface area contributed by atoms with E-state index in [1.165, 1.54) is 18.7 Å². The summed E-state index contributed by atoms with van der Waals surface area (Å²) in [6.07, 6.45) is 9.01. The number of amides is 1. The number of carbonyl (C=O) groups excluding carboxylic acids is 1. The Kier molecular flexibility index (Phi) is 7.75. The number of aromatic nitrogens is 3. The SMILES string of the molecule is C=CCNC(=O)c1cnc(Nc2ccc(N3CC4CCC(C3)O4)cc2)nc1Nc1cccc(N=S(C)(C)=O)n1. The van der Waals surface area contributed by atoms with E-state index in [9.17, 15) is 9.00 Å². The second-order valence-corrected chi connectivity index (χ2v) is 12.3. The molecule has 0 saturated carbocycles. The van der Waals surface area contributed by atoms with E-state index in [-0.39, 0.29) is 17.3 Å². The fourth-order valence-corrected chi connectivity index (χ4v) is 5.12. The van der Waals surface area contributed by atoms with Gasteiger partial charge in [0.15, 0.2) is 5.82 Å². The fourth-order valence-electron chi connectivity index (χ4n) is 4.56. The van der Waals surface area contributed by atoms with Crippen LogP contribution in [0.3, 0.4) is 0 Å². The predicted molar refractivity (Wildman–Crippen MR) is 154 cm³/mol. The molecule has 11 nitrogen and oxygen atoms in total. The molecule has 3 aromatic rings. The van der Waals surface area contributed by atoms with Gasteiger partial charge in [-0.2, -0.15) is 9.35 Å². The molecule has 12 heteroatoms. The number of benzene rings is 1. The van der Waals surface area contributed by atoms with Crippen LogP contribution in [0.25, 0.3) is 0 Å². The molecule has 2 unspecified atom stereocenters. The Bertz CT molecular complexity index is 1470. The number of hydrogen-bond donors (Lipinski definition) is 3. The number of ether oxygens (including phenoxy) is 1. The topological polar surface area (TPSA) is 134 Å². The predicted octanol–water partition coefficient (Wildman–Crippen LogP) is 4.00. The first-order chi connectivity index (χ1) is 18.8. The number of rotatable bonds is 9. The molecule has 1 amide bonds. The number of nitrogens with zero attached hydrogens (tertiary/aromatic N) is 5. The van der Waals surface area contributed by atoms with Gasteiger partial charge in [0.2, 0.25) is 5.95 Å². The van der Waals surface area contributed by atoms with Crippen LogP contribution in [-0.2, 0) is 14.5 Å². The molecule has 5 rings (SSSR count). The van der Waals surface area contributed by atoms with Gasteiger partial charge in [-0.15, -0.1) is 6.58 Å². The molecule has 0 spiro atoms. The maximum Gasteiger partial charge on any atom is 0.256 e. The van der Waals surface area contributed by atoms with Crippen molar-refractivity contribution in [2.45, 2.75) is 25.0 Å². The molecule has 2 saturated heterocycles.